The molecule has 1 unspecified atom stereocenters. The van der Waals surface area contributed by atoms with Crippen molar-refractivity contribution in [2.45, 2.75) is 81.9 Å². The molecule has 0 spiro atoms. The van der Waals surface area contributed by atoms with Gasteiger partial charge in [-0.2, -0.15) is 0 Å². The molecule has 17 heavy (non-hydrogen) atoms. The number of hydrogen-bond donors (Lipinski definition) is 0. The molecule has 0 nitrogen and oxygen atoms in total. The molecule has 0 saturated heterocycles. The summed E-state index contributed by atoms with van der Waals surface area (Å²) in [4.78, 5) is 0. The largest absolute Gasteiger partial charge is 0.138 e. The summed E-state index contributed by atoms with van der Waals surface area (Å²) in [5.74, 6) is 0. The minimum absolute atomic E-state index is 0.384. The molecule has 2 saturated carbocycles. The van der Waals surface area contributed by atoms with Crippen LogP contribution in [0.4, 0.5) is 0 Å². The first-order valence-electron chi connectivity index (χ1n) is 7.87. The quantitative estimate of drug-likeness (QED) is 0.588. The van der Waals surface area contributed by atoms with Gasteiger partial charge < -0.3 is 0 Å². The molecule has 2 rings (SSSR count). The van der Waals surface area contributed by atoms with Crippen LogP contribution in [-0.4, -0.2) is 23.6 Å². The van der Waals surface area contributed by atoms with Gasteiger partial charge in [-0.05, 0) is 55.7 Å². The highest BCUT2D eigenvalue weighted by molar-refractivity contribution is 7.59. The zero-order valence-electron chi connectivity index (χ0n) is 11.4. The SMILES string of the molecule is PCCCP(C1CCCCC1)C1CCCCC1. The lowest BCUT2D eigenvalue weighted by atomic mass is 9.99. The summed E-state index contributed by atoms with van der Waals surface area (Å²) in [6, 6.07) is 0. The fourth-order valence-corrected chi connectivity index (χ4v) is 8.24. The van der Waals surface area contributed by atoms with Crippen LogP contribution in [0.2, 0.25) is 0 Å². The van der Waals surface area contributed by atoms with Gasteiger partial charge in [0.15, 0.2) is 0 Å². The van der Waals surface area contributed by atoms with Crippen LogP contribution in [0.5, 0.6) is 0 Å². The van der Waals surface area contributed by atoms with Crippen molar-refractivity contribution in [2.75, 3.05) is 12.3 Å². The third kappa shape index (κ3) is 4.47. The number of rotatable bonds is 5. The number of hydrogen-bond acceptors (Lipinski definition) is 0. The van der Waals surface area contributed by atoms with Crippen molar-refractivity contribution in [3.63, 3.8) is 0 Å². The highest BCUT2D eigenvalue weighted by atomic mass is 31.1. The molecule has 0 aromatic rings. The van der Waals surface area contributed by atoms with Crippen LogP contribution in [0.3, 0.4) is 0 Å². The van der Waals surface area contributed by atoms with E-state index >= 15 is 0 Å². The lowest BCUT2D eigenvalue weighted by molar-refractivity contribution is 0.484. The molecule has 0 N–H and O–H groups in total. The zero-order valence-corrected chi connectivity index (χ0v) is 13.4. The van der Waals surface area contributed by atoms with Crippen LogP contribution >= 0.6 is 17.2 Å². The normalized spacial score (nSPS) is 24.4. The Labute approximate surface area is 112 Å². The average Bonchev–Trinajstić information content (AvgIpc) is 2.42. The van der Waals surface area contributed by atoms with E-state index in [1.54, 1.807) is 31.8 Å². The molecule has 0 bridgehead atoms. The molecule has 0 aromatic heterocycles. The van der Waals surface area contributed by atoms with E-state index in [2.05, 4.69) is 9.24 Å². The molecular weight excluding hydrogens is 242 g/mol. The van der Waals surface area contributed by atoms with E-state index in [9.17, 15) is 0 Å². The Morgan fingerprint density at radius 2 is 1.24 bits per heavy atom. The Morgan fingerprint density at radius 1 is 0.765 bits per heavy atom. The fourth-order valence-electron chi connectivity index (χ4n) is 3.76. The molecule has 2 fully saturated rings. The highest BCUT2D eigenvalue weighted by Crippen LogP contribution is 2.55. The van der Waals surface area contributed by atoms with Gasteiger partial charge in [0.1, 0.15) is 0 Å². The monoisotopic (exact) mass is 272 g/mol. The first-order chi connectivity index (χ1) is 8.42. The van der Waals surface area contributed by atoms with E-state index in [1.807, 2.05) is 0 Å². The summed E-state index contributed by atoms with van der Waals surface area (Å²) in [6.45, 7) is 0. The minimum atomic E-state index is 0.384. The van der Waals surface area contributed by atoms with Crippen molar-refractivity contribution in [1.29, 1.82) is 0 Å². The van der Waals surface area contributed by atoms with Gasteiger partial charge in [0.25, 0.3) is 0 Å². The van der Waals surface area contributed by atoms with Crippen molar-refractivity contribution in [1.82, 2.24) is 0 Å². The van der Waals surface area contributed by atoms with Gasteiger partial charge in [-0.3, -0.25) is 0 Å². The third-order valence-electron chi connectivity index (χ3n) is 4.71. The summed E-state index contributed by atoms with van der Waals surface area (Å²) in [5, 5.41) is 0. The summed E-state index contributed by atoms with van der Waals surface area (Å²) in [5.41, 5.74) is 2.33. The molecule has 2 aliphatic rings. The highest BCUT2D eigenvalue weighted by Gasteiger charge is 2.30. The molecule has 2 aliphatic carbocycles. The van der Waals surface area contributed by atoms with Crippen LogP contribution in [-0.2, 0) is 0 Å². The zero-order chi connectivity index (χ0) is 11.9. The second kappa shape index (κ2) is 8.12. The maximum Gasteiger partial charge on any atom is -0.0207 e. The lowest BCUT2D eigenvalue weighted by Gasteiger charge is -2.38. The van der Waals surface area contributed by atoms with E-state index in [0.717, 1.165) is 0 Å². The standard InChI is InChI=1S/C15H30P2/c16-12-7-13-17(14-8-3-1-4-9-14)15-10-5-2-6-11-15/h14-15H,1-13,16H2. The average molecular weight is 272 g/mol. The van der Waals surface area contributed by atoms with E-state index in [1.165, 1.54) is 62.4 Å². The molecule has 0 radical (unpaired) electrons. The van der Waals surface area contributed by atoms with Crippen LogP contribution in [0.1, 0.15) is 70.6 Å². The third-order valence-corrected chi connectivity index (χ3v) is 8.86. The van der Waals surface area contributed by atoms with Crippen molar-refractivity contribution in [2.24, 2.45) is 0 Å². The van der Waals surface area contributed by atoms with Crippen LogP contribution in [0.25, 0.3) is 0 Å². The maximum absolute atomic E-state index is 2.93. The second-order valence-corrected chi connectivity index (χ2v) is 9.48. The Balaban J connectivity index is 1.90. The first-order valence-corrected chi connectivity index (χ1v) is 10.4. The van der Waals surface area contributed by atoms with Gasteiger partial charge in [-0.25, -0.2) is 0 Å². The molecule has 2 heteroatoms. The Hall–Kier alpha value is 0.860. The topological polar surface area (TPSA) is 0 Å². The molecule has 100 valence electrons. The molecule has 0 heterocycles. The molecule has 0 aliphatic heterocycles. The summed E-state index contributed by atoms with van der Waals surface area (Å²) >= 11 is 0. The van der Waals surface area contributed by atoms with E-state index in [4.69, 9.17) is 0 Å². The van der Waals surface area contributed by atoms with Crippen molar-refractivity contribution < 1.29 is 0 Å². The molecule has 1 atom stereocenters. The van der Waals surface area contributed by atoms with Gasteiger partial charge in [-0.15, -0.1) is 17.2 Å². The van der Waals surface area contributed by atoms with Crippen molar-refractivity contribution >= 4 is 17.2 Å². The van der Waals surface area contributed by atoms with Crippen LogP contribution < -0.4 is 0 Å². The second-order valence-electron chi connectivity index (χ2n) is 5.96. The lowest BCUT2D eigenvalue weighted by Crippen LogP contribution is -2.22. The Kier molecular flexibility index (Phi) is 6.81. The molecular formula is C15H30P2. The molecule has 0 aromatic carbocycles. The summed E-state index contributed by atoms with van der Waals surface area (Å²) in [7, 11) is 3.32. The van der Waals surface area contributed by atoms with Crippen molar-refractivity contribution in [3.8, 4) is 0 Å². The van der Waals surface area contributed by atoms with E-state index in [-0.39, 0.29) is 0 Å². The van der Waals surface area contributed by atoms with Crippen molar-refractivity contribution in [3.05, 3.63) is 0 Å². The smallest absolute Gasteiger partial charge is 0.0207 e. The van der Waals surface area contributed by atoms with E-state index in [0.29, 0.717) is 7.92 Å². The van der Waals surface area contributed by atoms with E-state index < -0.39 is 0 Å². The summed E-state index contributed by atoms with van der Waals surface area (Å²) in [6.07, 6.45) is 19.9. The summed E-state index contributed by atoms with van der Waals surface area (Å²) < 4.78 is 0. The Morgan fingerprint density at radius 3 is 1.65 bits per heavy atom. The van der Waals surface area contributed by atoms with Gasteiger partial charge in [0, 0.05) is 0 Å². The van der Waals surface area contributed by atoms with Gasteiger partial charge in [0.2, 0.25) is 0 Å². The Bertz CT molecular complexity index is 175. The van der Waals surface area contributed by atoms with Gasteiger partial charge >= 0.3 is 0 Å². The molecule has 0 amide bonds. The minimum Gasteiger partial charge on any atom is -0.138 e. The van der Waals surface area contributed by atoms with Gasteiger partial charge in [0.05, 0.1) is 0 Å². The van der Waals surface area contributed by atoms with Gasteiger partial charge in [-0.1, -0.05) is 38.5 Å². The fraction of sp³-hybridized carbons (Fsp3) is 1.00. The van der Waals surface area contributed by atoms with Crippen LogP contribution in [0.15, 0.2) is 0 Å². The maximum atomic E-state index is 2.93. The predicted octanol–water partition coefficient (Wildman–Crippen LogP) is 5.40. The first kappa shape index (κ1) is 14.3. The van der Waals surface area contributed by atoms with Crippen LogP contribution in [0, 0.1) is 0 Å². The predicted molar refractivity (Wildman–Crippen MR) is 84.7 cm³/mol.